The van der Waals surface area contributed by atoms with Crippen LogP contribution in [-0.2, 0) is 9.47 Å². The third-order valence-corrected chi connectivity index (χ3v) is 3.43. The molecule has 0 spiro atoms. The van der Waals surface area contributed by atoms with Crippen LogP contribution >= 0.6 is 0 Å². The summed E-state index contributed by atoms with van der Waals surface area (Å²) in [6.45, 7) is 1.89. The molecule has 1 atom stereocenters. The van der Waals surface area contributed by atoms with E-state index in [0.717, 1.165) is 30.9 Å². The molecule has 21 heavy (non-hydrogen) atoms. The molecular formula is C16H20N2O3. The maximum atomic E-state index is 5.66. The first-order valence-electron chi connectivity index (χ1n) is 7.36. The van der Waals surface area contributed by atoms with Gasteiger partial charge in [-0.15, -0.1) is 0 Å². The second-order valence-electron chi connectivity index (χ2n) is 4.98. The molecule has 1 aliphatic rings. The van der Waals surface area contributed by atoms with Crippen molar-refractivity contribution in [3.63, 3.8) is 0 Å². The van der Waals surface area contributed by atoms with Crippen LogP contribution in [0.3, 0.4) is 0 Å². The van der Waals surface area contributed by atoms with Crippen LogP contribution in [0.2, 0.25) is 0 Å². The maximum absolute atomic E-state index is 5.66. The van der Waals surface area contributed by atoms with Gasteiger partial charge in [-0.2, -0.15) is 0 Å². The number of aromatic nitrogens is 2. The molecule has 1 aromatic carbocycles. The molecule has 3 rings (SSSR count). The number of ether oxygens (including phenoxy) is 3. The summed E-state index contributed by atoms with van der Waals surface area (Å²) in [6.07, 6.45) is 8.70. The second-order valence-corrected chi connectivity index (χ2v) is 4.98. The first-order valence-corrected chi connectivity index (χ1v) is 7.36. The fraction of sp³-hybridized carbons (Fsp3) is 0.438. The van der Waals surface area contributed by atoms with Gasteiger partial charge in [0.05, 0.1) is 12.9 Å². The van der Waals surface area contributed by atoms with E-state index in [-0.39, 0.29) is 6.29 Å². The quantitative estimate of drug-likeness (QED) is 0.767. The molecular weight excluding hydrogens is 268 g/mol. The Balaban J connectivity index is 1.41. The number of benzene rings is 1. The Labute approximate surface area is 124 Å². The fourth-order valence-electron chi connectivity index (χ4n) is 2.31. The Kier molecular flexibility index (Phi) is 4.86. The predicted molar refractivity (Wildman–Crippen MR) is 78.6 cm³/mol. The molecule has 5 heteroatoms. The minimum atomic E-state index is -0.0500. The average molecular weight is 288 g/mol. The van der Waals surface area contributed by atoms with Crippen LogP contribution < -0.4 is 4.74 Å². The van der Waals surface area contributed by atoms with Gasteiger partial charge in [-0.05, 0) is 43.5 Å². The average Bonchev–Trinajstić information content (AvgIpc) is 3.08. The van der Waals surface area contributed by atoms with E-state index in [1.807, 2.05) is 35.0 Å². The van der Waals surface area contributed by atoms with Crippen molar-refractivity contribution in [1.82, 2.24) is 9.55 Å². The fourth-order valence-corrected chi connectivity index (χ4v) is 2.31. The molecule has 2 aromatic rings. The van der Waals surface area contributed by atoms with Crippen molar-refractivity contribution in [2.45, 2.75) is 25.6 Å². The minimum Gasteiger partial charge on any atom is -0.491 e. The first kappa shape index (κ1) is 14.1. The Morgan fingerprint density at radius 3 is 2.81 bits per heavy atom. The number of imidazole rings is 1. The summed E-state index contributed by atoms with van der Waals surface area (Å²) in [5, 5.41) is 0. The van der Waals surface area contributed by atoms with Gasteiger partial charge >= 0.3 is 0 Å². The molecule has 0 N–H and O–H groups in total. The molecule has 0 bridgehead atoms. The van der Waals surface area contributed by atoms with E-state index in [1.165, 1.54) is 6.42 Å². The van der Waals surface area contributed by atoms with Gasteiger partial charge in [0, 0.05) is 24.7 Å². The van der Waals surface area contributed by atoms with Crippen LogP contribution in [0.25, 0.3) is 5.69 Å². The molecule has 1 unspecified atom stereocenters. The zero-order valence-electron chi connectivity index (χ0n) is 12.0. The molecule has 0 radical (unpaired) electrons. The Hall–Kier alpha value is -1.85. The lowest BCUT2D eigenvalue weighted by Gasteiger charge is -2.22. The SMILES string of the molecule is c1cn(-c2ccc(OCCOC3CCCCO3)cc2)cn1. The molecule has 1 saturated heterocycles. The van der Waals surface area contributed by atoms with Crippen LogP contribution in [0.4, 0.5) is 0 Å². The van der Waals surface area contributed by atoms with E-state index in [2.05, 4.69) is 4.98 Å². The lowest BCUT2D eigenvalue weighted by Crippen LogP contribution is -2.24. The smallest absolute Gasteiger partial charge is 0.157 e. The highest BCUT2D eigenvalue weighted by Crippen LogP contribution is 2.16. The standard InChI is InChI=1S/C16H20N2O3/c1-2-10-20-16(3-1)21-12-11-19-15-6-4-14(5-7-15)18-9-8-17-13-18/h4-9,13,16H,1-3,10-12H2. The summed E-state index contributed by atoms with van der Waals surface area (Å²) in [6, 6.07) is 7.91. The molecule has 1 fully saturated rings. The van der Waals surface area contributed by atoms with Gasteiger partial charge in [0.2, 0.25) is 0 Å². The lowest BCUT2D eigenvalue weighted by atomic mass is 10.2. The number of rotatable bonds is 6. The molecule has 0 saturated carbocycles. The second kappa shape index (κ2) is 7.24. The molecule has 5 nitrogen and oxygen atoms in total. The Morgan fingerprint density at radius 1 is 1.19 bits per heavy atom. The molecule has 1 aliphatic heterocycles. The monoisotopic (exact) mass is 288 g/mol. The molecule has 0 amide bonds. The van der Waals surface area contributed by atoms with Crippen LogP contribution in [0.1, 0.15) is 19.3 Å². The topological polar surface area (TPSA) is 45.5 Å². The van der Waals surface area contributed by atoms with Gasteiger partial charge in [-0.1, -0.05) is 0 Å². The van der Waals surface area contributed by atoms with Crippen molar-refractivity contribution < 1.29 is 14.2 Å². The van der Waals surface area contributed by atoms with Gasteiger partial charge in [-0.25, -0.2) is 4.98 Å². The third kappa shape index (κ3) is 4.06. The largest absolute Gasteiger partial charge is 0.491 e. The van der Waals surface area contributed by atoms with Crippen LogP contribution in [-0.4, -0.2) is 35.7 Å². The van der Waals surface area contributed by atoms with Gasteiger partial charge in [0.1, 0.15) is 12.4 Å². The summed E-state index contributed by atoms with van der Waals surface area (Å²) in [5.74, 6) is 0.840. The zero-order chi connectivity index (χ0) is 14.3. The van der Waals surface area contributed by atoms with Crippen molar-refractivity contribution >= 4 is 0 Å². The van der Waals surface area contributed by atoms with Gasteiger partial charge in [0.15, 0.2) is 6.29 Å². The number of nitrogens with zero attached hydrogens (tertiary/aromatic N) is 2. The van der Waals surface area contributed by atoms with Crippen LogP contribution in [0, 0.1) is 0 Å². The molecule has 1 aromatic heterocycles. The van der Waals surface area contributed by atoms with E-state index in [0.29, 0.717) is 13.2 Å². The van der Waals surface area contributed by atoms with E-state index in [9.17, 15) is 0 Å². The summed E-state index contributed by atoms with van der Waals surface area (Å²) in [4.78, 5) is 4.03. The van der Waals surface area contributed by atoms with Crippen molar-refractivity contribution in [3.8, 4) is 11.4 Å². The van der Waals surface area contributed by atoms with Crippen LogP contribution in [0.5, 0.6) is 5.75 Å². The highest BCUT2D eigenvalue weighted by atomic mass is 16.7. The summed E-state index contributed by atoms with van der Waals surface area (Å²) >= 11 is 0. The summed E-state index contributed by atoms with van der Waals surface area (Å²) < 4.78 is 18.7. The van der Waals surface area contributed by atoms with Gasteiger partial charge in [0.25, 0.3) is 0 Å². The maximum Gasteiger partial charge on any atom is 0.157 e. The minimum absolute atomic E-state index is 0.0500. The summed E-state index contributed by atoms with van der Waals surface area (Å²) in [7, 11) is 0. The van der Waals surface area contributed by atoms with E-state index in [4.69, 9.17) is 14.2 Å². The molecule has 0 aliphatic carbocycles. The van der Waals surface area contributed by atoms with E-state index < -0.39 is 0 Å². The molecule has 112 valence electrons. The van der Waals surface area contributed by atoms with Crippen molar-refractivity contribution in [3.05, 3.63) is 43.0 Å². The van der Waals surface area contributed by atoms with Crippen molar-refractivity contribution in [2.24, 2.45) is 0 Å². The van der Waals surface area contributed by atoms with Crippen molar-refractivity contribution in [2.75, 3.05) is 19.8 Å². The Morgan fingerprint density at radius 2 is 2.10 bits per heavy atom. The van der Waals surface area contributed by atoms with Gasteiger partial charge in [-0.3, -0.25) is 0 Å². The van der Waals surface area contributed by atoms with E-state index >= 15 is 0 Å². The molecule has 2 heterocycles. The zero-order valence-corrected chi connectivity index (χ0v) is 12.0. The first-order chi connectivity index (χ1) is 10.4. The predicted octanol–water partition coefficient (Wildman–Crippen LogP) is 2.79. The lowest BCUT2D eigenvalue weighted by molar-refractivity contribution is -0.165. The Bertz CT molecular complexity index is 519. The van der Waals surface area contributed by atoms with Gasteiger partial charge < -0.3 is 18.8 Å². The highest BCUT2D eigenvalue weighted by Gasteiger charge is 2.13. The highest BCUT2D eigenvalue weighted by molar-refractivity contribution is 5.37. The van der Waals surface area contributed by atoms with Crippen LogP contribution in [0.15, 0.2) is 43.0 Å². The summed E-state index contributed by atoms with van der Waals surface area (Å²) in [5.41, 5.74) is 1.06. The third-order valence-electron chi connectivity index (χ3n) is 3.43. The van der Waals surface area contributed by atoms with E-state index in [1.54, 1.807) is 12.5 Å². The number of hydrogen-bond donors (Lipinski definition) is 0. The van der Waals surface area contributed by atoms with Crippen molar-refractivity contribution in [1.29, 1.82) is 0 Å². The normalized spacial score (nSPS) is 18.6. The number of hydrogen-bond acceptors (Lipinski definition) is 4.